The molecule has 6 nitrogen and oxygen atoms in total. The van der Waals surface area contributed by atoms with Crippen LogP contribution in [0.3, 0.4) is 0 Å². The minimum absolute atomic E-state index is 0.184. The van der Waals surface area contributed by atoms with Crippen molar-refractivity contribution in [2.75, 3.05) is 13.1 Å². The van der Waals surface area contributed by atoms with Crippen molar-refractivity contribution in [2.45, 2.75) is 25.4 Å². The second-order valence-corrected chi connectivity index (χ2v) is 5.95. The highest BCUT2D eigenvalue weighted by Crippen LogP contribution is 2.26. The Morgan fingerprint density at radius 1 is 1.45 bits per heavy atom. The first-order valence-electron chi connectivity index (χ1n) is 6.58. The number of imide groups is 1. The van der Waals surface area contributed by atoms with Gasteiger partial charge in [-0.1, -0.05) is 6.07 Å². The predicted molar refractivity (Wildman–Crippen MR) is 73.0 cm³/mol. The number of amides is 4. The Kier molecular flexibility index (Phi) is 3.43. The zero-order chi connectivity index (χ0) is 14.1. The molecule has 2 saturated heterocycles. The minimum Gasteiger partial charge on any atom is -0.350 e. The normalized spacial score (nSPS) is 21.5. The van der Waals surface area contributed by atoms with Gasteiger partial charge in [0.15, 0.2) is 0 Å². The number of rotatable bonds is 4. The van der Waals surface area contributed by atoms with Gasteiger partial charge in [0, 0.05) is 11.4 Å². The van der Waals surface area contributed by atoms with Gasteiger partial charge in [-0.25, -0.2) is 4.79 Å². The Bertz CT molecular complexity index is 521. The third kappa shape index (κ3) is 2.29. The number of nitrogens with one attached hydrogen (secondary N) is 1. The van der Waals surface area contributed by atoms with Crippen LogP contribution in [-0.4, -0.2) is 46.8 Å². The number of nitrogens with zero attached hydrogens (tertiary/aromatic N) is 2. The molecule has 4 amide bonds. The van der Waals surface area contributed by atoms with Gasteiger partial charge in [0.1, 0.15) is 12.6 Å². The van der Waals surface area contributed by atoms with Gasteiger partial charge >= 0.3 is 6.03 Å². The molecule has 1 aromatic heterocycles. The van der Waals surface area contributed by atoms with Gasteiger partial charge < -0.3 is 10.2 Å². The van der Waals surface area contributed by atoms with Crippen LogP contribution >= 0.6 is 11.3 Å². The summed E-state index contributed by atoms with van der Waals surface area (Å²) in [4.78, 5) is 39.6. The first kappa shape index (κ1) is 13.1. The van der Waals surface area contributed by atoms with Gasteiger partial charge in [0.25, 0.3) is 5.91 Å². The molecule has 0 aliphatic carbocycles. The maximum Gasteiger partial charge on any atom is 0.327 e. The fraction of sp³-hybridized carbons (Fsp3) is 0.462. The highest BCUT2D eigenvalue weighted by atomic mass is 32.1. The van der Waals surface area contributed by atoms with Crippen molar-refractivity contribution in [1.82, 2.24) is 15.1 Å². The van der Waals surface area contributed by atoms with Gasteiger partial charge in [0.2, 0.25) is 5.91 Å². The molecule has 2 fully saturated rings. The van der Waals surface area contributed by atoms with E-state index in [0.29, 0.717) is 19.5 Å². The monoisotopic (exact) mass is 293 g/mol. The van der Waals surface area contributed by atoms with Crippen LogP contribution in [0.1, 0.15) is 17.7 Å². The Balaban J connectivity index is 1.56. The summed E-state index contributed by atoms with van der Waals surface area (Å²) >= 11 is 1.55. The molecule has 0 aromatic carbocycles. The quantitative estimate of drug-likeness (QED) is 0.835. The highest BCUT2D eigenvalue weighted by Gasteiger charge is 2.47. The Hall–Kier alpha value is -1.89. The van der Waals surface area contributed by atoms with E-state index in [4.69, 9.17) is 0 Å². The lowest BCUT2D eigenvalue weighted by atomic mass is 10.2. The number of hydrogen-bond acceptors (Lipinski definition) is 4. The number of carbonyl (C=O) groups is 3. The lowest BCUT2D eigenvalue weighted by Gasteiger charge is -2.14. The van der Waals surface area contributed by atoms with Gasteiger partial charge in [0.05, 0.1) is 6.54 Å². The van der Waals surface area contributed by atoms with E-state index in [2.05, 4.69) is 5.32 Å². The highest BCUT2D eigenvalue weighted by molar-refractivity contribution is 7.09. The predicted octanol–water partition coefficient (Wildman–Crippen LogP) is 0.791. The van der Waals surface area contributed by atoms with Crippen molar-refractivity contribution >= 4 is 29.2 Å². The molecule has 0 bridgehead atoms. The SMILES string of the molecule is O=C(CN1C(=O)[C@@H]2CCCN2C1=O)NCc1cccs1. The van der Waals surface area contributed by atoms with E-state index in [1.54, 1.807) is 16.2 Å². The van der Waals surface area contributed by atoms with Crippen LogP contribution in [-0.2, 0) is 16.1 Å². The number of urea groups is 1. The molecular formula is C13H15N3O3S. The molecule has 1 N–H and O–H groups in total. The summed E-state index contributed by atoms with van der Waals surface area (Å²) in [5.74, 6) is -0.542. The third-order valence-corrected chi connectivity index (χ3v) is 4.50. The molecule has 2 aliphatic heterocycles. The summed E-state index contributed by atoms with van der Waals surface area (Å²) in [6, 6.07) is 3.16. The molecule has 7 heteroatoms. The lowest BCUT2D eigenvalue weighted by molar-refractivity contribution is -0.132. The zero-order valence-corrected chi connectivity index (χ0v) is 11.7. The summed E-state index contributed by atoms with van der Waals surface area (Å²) in [6.45, 7) is 0.860. The summed E-state index contributed by atoms with van der Waals surface area (Å²) in [5.41, 5.74) is 0. The van der Waals surface area contributed by atoms with Gasteiger partial charge in [-0.15, -0.1) is 11.3 Å². The van der Waals surface area contributed by atoms with Crippen molar-refractivity contribution in [3.63, 3.8) is 0 Å². The van der Waals surface area contributed by atoms with E-state index in [-0.39, 0.29) is 30.4 Å². The topological polar surface area (TPSA) is 69.7 Å². The summed E-state index contributed by atoms with van der Waals surface area (Å²) < 4.78 is 0. The maximum atomic E-state index is 12.1. The van der Waals surface area contributed by atoms with E-state index in [9.17, 15) is 14.4 Å². The number of fused-ring (bicyclic) bond motifs is 1. The fourth-order valence-corrected chi connectivity index (χ4v) is 3.27. The van der Waals surface area contributed by atoms with Crippen molar-refractivity contribution in [3.05, 3.63) is 22.4 Å². The summed E-state index contributed by atoms with van der Waals surface area (Å²) in [5, 5.41) is 4.66. The molecular weight excluding hydrogens is 278 g/mol. The molecule has 3 heterocycles. The second-order valence-electron chi connectivity index (χ2n) is 4.91. The standard InChI is InChI=1S/C13H15N3O3S/c17-11(14-7-9-3-2-6-20-9)8-16-12(18)10-4-1-5-15(10)13(16)19/h2-3,6,10H,1,4-5,7-8H2,(H,14,17)/t10-/m0/s1. The van der Waals surface area contributed by atoms with E-state index in [1.165, 1.54) is 0 Å². The van der Waals surface area contributed by atoms with E-state index in [1.807, 2.05) is 17.5 Å². The molecule has 1 atom stereocenters. The minimum atomic E-state index is -0.340. The fourth-order valence-electron chi connectivity index (χ4n) is 2.63. The van der Waals surface area contributed by atoms with Crippen molar-refractivity contribution in [1.29, 1.82) is 0 Å². The molecule has 106 valence electrons. The smallest absolute Gasteiger partial charge is 0.327 e. The number of hydrogen-bond donors (Lipinski definition) is 1. The van der Waals surface area contributed by atoms with Gasteiger partial charge in [-0.2, -0.15) is 0 Å². The molecule has 0 saturated carbocycles. The molecule has 1 aromatic rings. The van der Waals surface area contributed by atoms with Gasteiger partial charge in [-0.3, -0.25) is 14.5 Å². The zero-order valence-electron chi connectivity index (χ0n) is 10.9. The third-order valence-electron chi connectivity index (χ3n) is 3.62. The van der Waals surface area contributed by atoms with Crippen LogP contribution in [0, 0.1) is 0 Å². The van der Waals surface area contributed by atoms with Crippen LogP contribution < -0.4 is 5.32 Å². The molecule has 3 rings (SSSR count). The average Bonchev–Trinajstić information content (AvgIpc) is 3.13. The van der Waals surface area contributed by atoms with Crippen LogP contribution in [0.4, 0.5) is 4.79 Å². The molecule has 0 spiro atoms. The number of thiophene rings is 1. The summed E-state index contributed by atoms with van der Waals surface area (Å²) in [6.07, 6.45) is 1.57. The van der Waals surface area contributed by atoms with E-state index in [0.717, 1.165) is 16.2 Å². The maximum absolute atomic E-state index is 12.1. The molecule has 0 unspecified atom stereocenters. The first-order valence-corrected chi connectivity index (χ1v) is 7.46. The van der Waals surface area contributed by atoms with Crippen molar-refractivity contribution in [3.8, 4) is 0 Å². The van der Waals surface area contributed by atoms with Crippen molar-refractivity contribution in [2.24, 2.45) is 0 Å². The van der Waals surface area contributed by atoms with Gasteiger partial charge in [-0.05, 0) is 24.3 Å². The van der Waals surface area contributed by atoms with Crippen molar-refractivity contribution < 1.29 is 14.4 Å². The van der Waals surface area contributed by atoms with Crippen LogP contribution in [0.15, 0.2) is 17.5 Å². The van der Waals surface area contributed by atoms with E-state index < -0.39 is 0 Å². The van der Waals surface area contributed by atoms with Crippen LogP contribution in [0.25, 0.3) is 0 Å². The summed E-state index contributed by atoms with van der Waals surface area (Å²) in [7, 11) is 0. The Morgan fingerprint density at radius 2 is 2.30 bits per heavy atom. The number of carbonyl (C=O) groups excluding carboxylic acids is 3. The molecule has 2 aliphatic rings. The Labute approximate surface area is 120 Å². The average molecular weight is 293 g/mol. The second kappa shape index (κ2) is 5.24. The first-order chi connectivity index (χ1) is 9.66. The molecule has 20 heavy (non-hydrogen) atoms. The van der Waals surface area contributed by atoms with Crippen LogP contribution in [0.2, 0.25) is 0 Å². The van der Waals surface area contributed by atoms with E-state index >= 15 is 0 Å². The largest absolute Gasteiger partial charge is 0.350 e. The van der Waals surface area contributed by atoms with Crippen LogP contribution in [0.5, 0.6) is 0 Å². The lowest BCUT2D eigenvalue weighted by Crippen LogP contribution is -2.41. The molecule has 0 radical (unpaired) electrons. The Morgan fingerprint density at radius 3 is 3.00 bits per heavy atom.